The second kappa shape index (κ2) is 8.88. The topological polar surface area (TPSA) is 76.0 Å². The van der Waals surface area contributed by atoms with Gasteiger partial charge < -0.3 is 9.88 Å². The van der Waals surface area contributed by atoms with Crippen molar-refractivity contribution in [3.63, 3.8) is 0 Å². The van der Waals surface area contributed by atoms with E-state index >= 15 is 0 Å². The molecule has 2 heterocycles. The predicted molar refractivity (Wildman–Crippen MR) is 128 cm³/mol. The van der Waals surface area contributed by atoms with Gasteiger partial charge in [-0.05, 0) is 41.8 Å². The summed E-state index contributed by atoms with van der Waals surface area (Å²) in [7, 11) is 0. The molecule has 2 amide bonds. The molecule has 2 N–H and O–H groups in total. The van der Waals surface area contributed by atoms with Gasteiger partial charge >= 0.3 is 0 Å². The van der Waals surface area contributed by atoms with Gasteiger partial charge in [-0.25, -0.2) is 4.98 Å². The molecule has 1 saturated heterocycles. The van der Waals surface area contributed by atoms with E-state index in [0.717, 1.165) is 46.4 Å². The number of amides is 2. The number of hydrogen-bond donors (Lipinski definition) is 2. The molecule has 0 spiro atoms. The summed E-state index contributed by atoms with van der Waals surface area (Å²) >= 11 is 1.06. The zero-order chi connectivity index (χ0) is 21.9. The number of imide groups is 1. The van der Waals surface area contributed by atoms with Crippen molar-refractivity contribution in [3.8, 4) is 0 Å². The predicted octanol–water partition coefficient (Wildman–Crippen LogP) is 4.59. The van der Waals surface area contributed by atoms with E-state index in [-0.39, 0.29) is 16.4 Å². The van der Waals surface area contributed by atoms with Crippen molar-refractivity contribution < 1.29 is 9.59 Å². The summed E-state index contributed by atoms with van der Waals surface area (Å²) in [6.07, 6.45) is 0.537. The minimum Gasteiger partial charge on any atom is -0.378 e. The zero-order valence-corrected chi connectivity index (χ0v) is 18.1. The van der Waals surface area contributed by atoms with Crippen LogP contribution in [0.2, 0.25) is 0 Å². The molecule has 1 aliphatic heterocycles. The second-order valence-electron chi connectivity index (χ2n) is 7.73. The monoisotopic (exact) mass is 442 g/mol. The first-order valence-electron chi connectivity index (χ1n) is 10.5. The van der Waals surface area contributed by atoms with E-state index in [1.807, 2.05) is 48.5 Å². The molecule has 0 saturated carbocycles. The molecule has 32 heavy (non-hydrogen) atoms. The Hall–Kier alpha value is -3.58. The number of nitrogens with zero attached hydrogens (tertiary/aromatic N) is 2. The first-order chi connectivity index (χ1) is 15.7. The average molecular weight is 443 g/mol. The normalized spacial score (nSPS) is 15.8. The summed E-state index contributed by atoms with van der Waals surface area (Å²) in [6.45, 7) is 1.35. The Morgan fingerprint density at radius 1 is 0.906 bits per heavy atom. The quantitative estimate of drug-likeness (QED) is 0.438. The van der Waals surface area contributed by atoms with Gasteiger partial charge in [0.25, 0.3) is 5.24 Å². The van der Waals surface area contributed by atoms with E-state index in [9.17, 15) is 9.59 Å². The number of anilines is 1. The molecular weight excluding hydrogens is 420 g/mol. The zero-order valence-electron chi connectivity index (χ0n) is 17.3. The Kier molecular flexibility index (Phi) is 5.64. The van der Waals surface area contributed by atoms with Crippen LogP contribution in [0.25, 0.3) is 11.0 Å². The number of thioether (sulfide) groups is 1. The van der Waals surface area contributed by atoms with Gasteiger partial charge in [0.15, 0.2) is 0 Å². The highest BCUT2D eigenvalue weighted by Crippen LogP contribution is 2.24. The van der Waals surface area contributed by atoms with E-state index < -0.39 is 0 Å². The largest absolute Gasteiger partial charge is 0.378 e. The molecule has 1 atom stereocenters. The minimum absolute atomic E-state index is 0.209. The summed E-state index contributed by atoms with van der Waals surface area (Å²) in [5.41, 5.74) is 5.33. The summed E-state index contributed by atoms with van der Waals surface area (Å²) < 4.78 is 2.25. The first-order valence-corrected chi connectivity index (χ1v) is 11.4. The van der Waals surface area contributed by atoms with Crippen LogP contribution >= 0.6 is 11.8 Å². The fraction of sp³-hybridized carbons (Fsp3) is 0.160. The van der Waals surface area contributed by atoms with Crippen LogP contribution in [-0.2, 0) is 24.3 Å². The third kappa shape index (κ3) is 4.38. The SMILES string of the molecule is O=C1NC(=O)C(Cc2ccc(NCc3nc4ccccc4n3Cc3ccccc3)cc2)S1. The number of fused-ring (bicyclic) bond motifs is 1. The van der Waals surface area contributed by atoms with Crippen molar-refractivity contribution >= 4 is 39.6 Å². The summed E-state index contributed by atoms with van der Waals surface area (Å²) in [5.74, 6) is 0.760. The van der Waals surface area contributed by atoms with Gasteiger partial charge in [-0.2, -0.15) is 0 Å². The molecule has 0 bridgehead atoms. The Balaban J connectivity index is 1.30. The van der Waals surface area contributed by atoms with E-state index in [4.69, 9.17) is 4.98 Å². The molecule has 6 nitrogen and oxygen atoms in total. The number of carbonyl (C=O) groups is 2. The summed E-state index contributed by atoms with van der Waals surface area (Å²) in [5, 5.41) is 5.18. The Morgan fingerprint density at radius 3 is 2.41 bits per heavy atom. The maximum absolute atomic E-state index is 11.8. The lowest BCUT2D eigenvalue weighted by atomic mass is 10.1. The highest BCUT2D eigenvalue weighted by molar-refractivity contribution is 8.15. The Labute approximate surface area is 190 Å². The summed E-state index contributed by atoms with van der Waals surface area (Å²) in [6, 6.07) is 26.6. The molecule has 0 radical (unpaired) electrons. The lowest BCUT2D eigenvalue weighted by Crippen LogP contribution is -2.25. The van der Waals surface area contributed by atoms with Crippen molar-refractivity contribution in [3.05, 3.63) is 95.8 Å². The first kappa shape index (κ1) is 20.3. The number of nitrogens with one attached hydrogen (secondary N) is 2. The van der Waals surface area contributed by atoms with Crippen molar-refractivity contribution in [2.24, 2.45) is 0 Å². The van der Waals surface area contributed by atoms with Crippen LogP contribution in [0.4, 0.5) is 10.5 Å². The molecular formula is C25H22N4O2S. The van der Waals surface area contributed by atoms with Gasteiger partial charge in [-0.15, -0.1) is 0 Å². The number of benzene rings is 3. The molecule has 1 aromatic heterocycles. The van der Waals surface area contributed by atoms with E-state index in [1.165, 1.54) is 5.56 Å². The van der Waals surface area contributed by atoms with Crippen molar-refractivity contribution in [2.75, 3.05) is 5.32 Å². The van der Waals surface area contributed by atoms with Crippen LogP contribution in [0.5, 0.6) is 0 Å². The molecule has 0 aliphatic carbocycles. The number of aromatic nitrogens is 2. The maximum atomic E-state index is 11.8. The maximum Gasteiger partial charge on any atom is 0.286 e. The lowest BCUT2D eigenvalue weighted by Gasteiger charge is -2.12. The van der Waals surface area contributed by atoms with Gasteiger partial charge in [0.1, 0.15) is 5.82 Å². The second-order valence-corrected chi connectivity index (χ2v) is 8.90. The van der Waals surface area contributed by atoms with E-state index in [2.05, 4.69) is 45.5 Å². The van der Waals surface area contributed by atoms with Crippen molar-refractivity contribution in [1.82, 2.24) is 14.9 Å². The number of para-hydroxylation sites is 2. The van der Waals surface area contributed by atoms with E-state index in [1.54, 1.807) is 0 Å². The van der Waals surface area contributed by atoms with Crippen LogP contribution in [0, 0.1) is 0 Å². The lowest BCUT2D eigenvalue weighted by molar-refractivity contribution is -0.118. The molecule has 4 aromatic rings. The number of rotatable bonds is 7. The fourth-order valence-electron chi connectivity index (χ4n) is 3.88. The average Bonchev–Trinajstić information content (AvgIpc) is 3.32. The molecule has 1 aliphatic rings. The van der Waals surface area contributed by atoms with Gasteiger partial charge in [0, 0.05) is 12.2 Å². The van der Waals surface area contributed by atoms with Gasteiger partial charge in [-0.1, -0.05) is 66.4 Å². The van der Waals surface area contributed by atoms with Crippen LogP contribution in [-0.4, -0.2) is 25.9 Å². The van der Waals surface area contributed by atoms with Crippen molar-refractivity contribution in [1.29, 1.82) is 0 Å². The smallest absolute Gasteiger partial charge is 0.286 e. The van der Waals surface area contributed by atoms with Crippen LogP contribution in [0.15, 0.2) is 78.9 Å². The highest BCUT2D eigenvalue weighted by atomic mass is 32.2. The Bertz CT molecular complexity index is 1270. The molecule has 1 unspecified atom stereocenters. The number of hydrogen-bond acceptors (Lipinski definition) is 5. The summed E-state index contributed by atoms with van der Waals surface area (Å²) in [4.78, 5) is 28.0. The highest BCUT2D eigenvalue weighted by Gasteiger charge is 2.31. The molecule has 1 fully saturated rings. The molecule has 7 heteroatoms. The van der Waals surface area contributed by atoms with Gasteiger partial charge in [-0.3, -0.25) is 14.9 Å². The third-order valence-corrected chi connectivity index (χ3v) is 6.49. The third-order valence-electron chi connectivity index (χ3n) is 5.51. The van der Waals surface area contributed by atoms with Gasteiger partial charge in [0.05, 0.1) is 22.8 Å². The fourth-order valence-corrected chi connectivity index (χ4v) is 4.74. The number of imidazole rings is 1. The number of carbonyl (C=O) groups excluding carboxylic acids is 2. The molecule has 3 aromatic carbocycles. The van der Waals surface area contributed by atoms with Crippen LogP contribution < -0.4 is 10.6 Å². The molecule has 160 valence electrons. The van der Waals surface area contributed by atoms with Crippen LogP contribution in [0.1, 0.15) is 17.0 Å². The molecule has 5 rings (SSSR count). The van der Waals surface area contributed by atoms with Crippen LogP contribution in [0.3, 0.4) is 0 Å². The van der Waals surface area contributed by atoms with Crippen molar-refractivity contribution in [2.45, 2.75) is 24.8 Å². The van der Waals surface area contributed by atoms with Gasteiger partial charge in [0.2, 0.25) is 5.91 Å². The minimum atomic E-state index is -0.348. The standard InChI is InChI=1S/C25H22N4O2S/c30-24-22(32-25(31)28-24)14-17-10-12-19(13-11-17)26-15-23-27-20-8-4-5-9-21(20)29(23)16-18-6-2-1-3-7-18/h1-13,22,26H,14-16H2,(H,28,30,31). The van der Waals surface area contributed by atoms with E-state index in [0.29, 0.717) is 13.0 Å². The Morgan fingerprint density at radius 2 is 1.66 bits per heavy atom.